The lowest BCUT2D eigenvalue weighted by Crippen LogP contribution is -2.17. The highest BCUT2D eigenvalue weighted by Gasteiger charge is 2.16. The number of rotatable bonds is 5. The molecular formula is C14H14N2O3S2. The molecule has 0 aliphatic rings. The van der Waals surface area contributed by atoms with Gasteiger partial charge in [-0.2, -0.15) is 0 Å². The van der Waals surface area contributed by atoms with E-state index in [-0.39, 0.29) is 5.09 Å². The van der Waals surface area contributed by atoms with Crippen LogP contribution in [0.3, 0.4) is 0 Å². The fourth-order valence-electron chi connectivity index (χ4n) is 1.96. The predicted molar refractivity (Wildman–Crippen MR) is 84.1 cm³/mol. The SMILES string of the molecule is CNS(=O)(=O)c1ccc(CNc2ccc3sccc3c2)o1. The minimum Gasteiger partial charge on any atom is -0.446 e. The molecule has 7 heteroatoms. The minimum absolute atomic E-state index is 0.0740. The molecule has 0 radical (unpaired) electrons. The van der Waals surface area contributed by atoms with Gasteiger partial charge in [0.05, 0.1) is 6.54 Å². The number of nitrogens with one attached hydrogen (secondary N) is 2. The van der Waals surface area contributed by atoms with E-state index in [1.807, 2.05) is 6.07 Å². The molecule has 0 aliphatic carbocycles. The fourth-order valence-corrected chi connectivity index (χ4v) is 3.40. The molecule has 0 saturated carbocycles. The second-order valence-corrected chi connectivity index (χ2v) is 7.22. The van der Waals surface area contributed by atoms with Crippen LogP contribution in [0.5, 0.6) is 0 Å². The van der Waals surface area contributed by atoms with Crippen LogP contribution in [0.15, 0.2) is 51.3 Å². The lowest BCUT2D eigenvalue weighted by Gasteiger charge is -2.04. The topological polar surface area (TPSA) is 71.3 Å². The van der Waals surface area contributed by atoms with E-state index in [1.165, 1.54) is 23.2 Å². The lowest BCUT2D eigenvalue weighted by molar-refractivity contribution is 0.417. The first-order valence-corrected chi connectivity index (χ1v) is 8.68. The maximum atomic E-state index is 11.6. The standard InChI is InChI=1S/C14H14N2O3S2/c1-15-21(17,18)14-5-3-12(19-14)9-16-11-2-4-13-10(8-11)6-7-20-13/h2-8,15-16H,9H2,1H3. The largest absolute Gasteiger partial charge is 0.446 e. The summed E-state index contributed by atoms with van der Waals surface area (Å²) in [6.45, 7) is 0.425. The molecule has 0 bridgehead atoms. The van der Waals surface area contributed by atoms with E-state index < -0.39 is 10.0 Å². The molecule has 110 valence electrons. The van der Waals surface area contributed by atoms with Crippen LogP contribution >= 0.6 is 11.3 Å². The van der Waals surface area contributed by atoms with E-state index in [0.29, 0.717) is 12.3 Å². The summed E-state index contributed by atoms with van der Waals surface area (Å²) in [7, 11) is -2.17. The van der Waals surface area contributed by atoms with E-state index in [2.05, 4.69) is 33.6 Å². The number of furan rings is 1. The van der Waals surface area contributed by atoms with Gasteiger partial charge in [0.15, 0.2) is 0 Å². The molecule has 1 aromatic carbocycles. The highest BCUT2D eigenvalue weighted by Crippen LogP contribution is 2.24. The Morgan fingerprint density at radius 1 is 1.19 bits per heavy atom. The summed E-state index contributed by atoms with van der Waals surface area (Å²) in [6, 6.07) is 11.3. The lowest BCUT2D eigenvalue weighted by atomic mass is 10.2. The van der Waals surface area contributed by atoms with Gasteiger partial charge in [0.25, 0.3) is 10.0 Å². The fraction of sp³-hybridized carbons (Fsp3) is 0.143. The Labute approximate surface area is 126 Å². The molecule has 0 fully saturated rings. The van der Waals surface area contributed by atoms with Crippen molar-refractivity contribution < 1.29 is 12.8 Å². The summed E-state index contributed by atoms with van der Waals surface area (Å²) in [5.74, 6) is 0.564. The van der Waals surface area contributed by atoms with Crippen molar-refractivity contribution in [3.63, 3.8) is 0 Å². The average molecular weight is 322 g/mol. The summed E-state index contributed by atoms with van der Waals surface area (Å²) >= 11 is 1.70. The van der Waals surface area contributed by atoms with Crippen molar-refractivity contribution >= 4 is 37.1 Å². The number of thiophene rings is 1. The Bertz CT molecular complexity index is 865. The van der Waals surface area contributed by atoms with Gasteiger partial charge in [0.2, 0.25) is 5.09 Å². The van der Waals surface area contributed by atoms with E-state index in [1.54, 1.807) is 17.4 Å². The quantitative estimate of drug-likeness (QED) is 0.757. The smallest absolute Gasteiger partial charge is 0.273 e. The van der Waals surface area contributed by atoms with Crippen molar-refractivity contribution in [2.24, 2.45) is 0 Å². The van der Waals surface area contributed by atoms with Crippen molar-refractivity contribution in [2.45, 2.75) is 11.6 Å². The number of benzene rings is 1. The average Bonchev–Trinajstić information content (AvgIpc) is 3.13. The second-order valence-electron chi connectivity index (χ2n) is 4.46. The summed E-state index contributed by atoms with van der Waals surface area (Å²) in [5.41, 5.74) is 0.968. The van der Waals surface area contributed by atoms with E-state index in [9.17, 15) is 8.42 Å². The first kappa shape index (κ1) is 14.1. The van der Waals surface area contributed by atoms with Gasteiger partial charge in [-0.3, -0.25) is 0 Å². The third-order valence-electron chi connectivity index (χ3n) is 3.09. The molecule has 21 heavy (non-hydrogen) atoms. The van der Waals surface area contributed by atoms with Crippen molar-refractivity contribution in [1.29, 1.82) is 0 Å². The molecule has 0 aliphatic heterocycles. The van der Waals surface area contributed by atoms with Crippen LogP contribution < -0.4 is 10.0 Å². The zero-order chi connectivity index (χ0) is 14.9. The molecule has 3 rings (SSSR count). The monoisotopic (exact) mass is 322 g/mol. The molecule has 0 amide bonds. The molecule has 3 aromatic rings. The Kier molecular flexibility index (Phi) is 3.71. The number of sulfonamides is 1. The van der Waals surface area contributed by atoms with Crippen molar-refractivity contribution in [1.82, 2.24) is 4.72 Å². The molecular weight excluding hydrogens is 308 g/mol. The van der Waals surface area contributed by atoms with Crippen molar-refractivity contribution in [2.75, 3.05) is 12.4 Å². The number of hydrogen-bond acceptors (Lipinski definition) is 5. The van der Waals surface area contributed by atoms with Gasteiger partial charge in [-0.15, -0.1) is 11.3 Å². The maximum Gasteiger partial charge on any atom is 0.273 e. The molecule has 2 aromatic heterocycles. The first-order valence-electron chi connectivity index (χ1n) is 6.32. The Morgan fingerprint density at radius 3 is 2.86 bits per heavy atom. The summed E-state index contributed by atoms with van der Waals surface area (Å²) in [6.07, 6.45) is 0. The summed E-state index contributed by atoms with van der Waals surface area (Å²) < 4.78 is 31.9. The van der Waals surface area contributed by atoms with Gasteiger partial charge >= 0.3 is 0 Å². The Hall–Kier alpha value is -1.83. The van der Waals surface area contributed by atoms with Crippen LogP contribution in [-0.2, 0) is 16.6 Å². The van der Waals surface area contributed by atoms with Crippen LogP contribution in [0.2, 0.25) is 0 Å². The summed E-state index contributed by atoms with van der Waals surface area (Å²) in [5, 5.41) is 6.38. The van der Waals surface area contributed by atoms with E-state index in [0.717, 1.165) is 5.69 Å². The normalized spacial score (nSPS) is 11.9. The maximum absolute atomic E-state index is 11.6. The zero-order valence-electron chi connectivity index (χ0n) is 11.3. The first-order chi connectivity index (χ1) is 10.1. The number of fused-ring (bicyclic) bond motifs is 1. The van der Waals surface area contributed by atoms with Crippen LogP contribution in [-0.4, -0.2) is 15.5 Å². The van der Waals surface area contributed by atoms with Gasteiger partial charge in [0.1, 0.15) is 5.76 Å². The van der Waals surface area contributed by atoms with Gasteiger partial charge < -0.3 is 9.73 Å². The third kappa shape index (κ3) is 2.94. The highest BCUT2D eigenvalue weighted by atomic mass is 32.2. The highest BCUT2D eigenvalue weighted by molar-refractivity contribution is 7.89. The van der Waals surface area contributed by atoms with Gasteiger partial charge in [-0.1, -0.05) is 0 Å². The third-order valence-corrected chi connectivity index (χ3v) is 5.27. The second kappa shape index (κ2) is 5.51. The Morgan fingerprint density at radius 2 is 2.05 bits per heavy atom. The van der Waals surface area contributed by atoms with Gasteiger partial charge in [-0.25, -0.2) is 13.1 Å². The minimum atomic E-state index is -3.52. The van der Waals surface area contributed by atoms with Crippen LogP contribution in [0.25, 0.3) is 10.1 Å². The molecule has 0 unspecified atom stereocenters. The van der Waals surface area contributed by atoms with Crippen LogP contribution in [0.1, 0.15) is 5.76 Å². The molecule has 0 saturated heterocycles. The zero-order valence-corrected chi connectivity index (χ0v) is 12.9. The molecule has 2 heterocycles. The van der Waals surface area contributed by atoms with Crippen LogP contribution in [0, 0.1) is 0 Å². The van der Waals surface area contributed by atoms with Gasteiger partial charge in [0, 0.05) is 10.4 Å². The molecule has 2 N–H and O–H groups in total. The number of hydrogen-bond donors (Lipinski definition) is 2. The molecule has 0 spiro atoms. The van der Waals surface area contributed by atoms with Crippen LogP contribution in [0.4, 0.5) is 5.69 Å². The van der Waals surface area contributed by atoms with Crippen molar-refractivity contribution in [3.8, 4) is 0 Å². The van der Waals surface area contributed by atoms with Crippen molar-refractivity contribution in [3.05, 3.63) is 47.5 Å². The number of anilines is 1. The molecule has 0 atom stereocenters. The van der Waals surface area contributed by atoms with E-state index >= 15 is 0 Å². The van der Waals surface area contributed by atoms with E-state index in [4.69, 9.17) is 4.42 Å². The summed E-state index contributed by atoms with van der Waals surface area (Å²) in [4.78, 5) is 0. The molecule has 5 nitrogen and oxygen atoms in total. The predicted octanol–water partition coefficient (Wildman–Crippen LogP) is 3.01. The Balaban J connectivity index is 1.72. The van der Waals surface area contributed by atoms with Gasteiger partial charge in [-0.05, 0) is 54.2 Å².